The van der Waals surface area contributed by atoms with E-state index in [-0.39, 0.29) is 47.7 Å². The summed E-state index contributed by atoms with van der Waals surface area (Å²) in [6, 6.07) is 0. The third-order valence-corrected chi connectivity index (χ3v) is 27.6. The van der Waals surface area contributed by atoms with Crippen LogP contribution in [0.25, 0.3) is 0 Å². The summed E-state index contributed by atoms with van der Waals surface area (Å²) in [5.74, 6) is 0.407. The van der Waals surface area contributed by atoms with Gasteiger partial charge in [0.2, 0.25) is 0 Å². The van der Waals surface area contributed by atoms with Crippen molar-refractivity contribution in [3.05, 3.63) is 0 Å². The van der Waals surface area contributed by atoms with Gasteiger partial charge < -0.3 is 187 Å². The molecule has 12 fully saturated rings. The van der Waals surface area contributed by atoms with Crippen LogP contribution in [0.15, 0.2) is 0 Å². The molecule has 0 aromatic heterocycles. The fourth-order valence-electron chi connectivity index (χ4n) is 16.5. The lowest BCUT2D eigenvalue weighted by molar-refractivity contribution is -0.908. The molecule has 884 valence electrons. The summed E-state index contributed by atoms with van der Waals surface area (Å²) in [7, 11) is 6.98. The zero-order valence-corrected chi connectivity index (χ0v) is 94.2. The molecule has 0 amide bonds. The van der Waals surface area contributed by atoms with E-state index < -0.39 is 16.1 Å². The minimum absolute atomic E-state index is 0.0326. The smallest absolute Gasteiger partial charge is 0.309 e. The summed E-state index contributed by atoms with van der Waals surface area (Å²) in [4.78, 5) is 80.3. The minimum Gasteiger partial charge on any atom is -0.460 e. The molecular formula is C102H207N10O37S+9. The Bertz CT molecular complexity index is 3130. The molecule has 12 rings (SSSR count). The van der Waals surface area contributed by atoms with Crippen molar-refractivity contribution < 1.29 is 219 Å². The van der Waals surface area contributed by atoms with Crippen molar-refractivity contribution in [2.24, 2.45) is 11.8 Å². The summed E-state index contributed by atoms with van der Waals surface area (Å²) in [6.45, 7) is 59.1. The predicted octanol–water partition coefficient (Wildman–Crippen LogP) is -11.4. The van der Waals surface area contributed by atoms with Crippen LogP contribution in [0.3, 0.4) is 0 Å². The Morgan fingerprint density at radius 3 is 0.873 bits per heavy atom. The summed E-state index contributed by atoms with van der Waals surface area (Å²) < 4.78 is 173. The highest BCUT2D eigenvalue weighted by molar-refractivity contribution is 7.91. The summed E-state index contributed by atoms with van der Waals surface area (Å²) in [6.07, 6.45) is 10.9. The van der Waals surface area contributed by atoms with Crippen LogP contribution >= 0.6 is 0 Å². The van der Waals surface area contributed by atoms with Crippen molar-refractivity contribution in [2.45, 2.75) is 97.2 Å². The second kappa shape index (κ2) is 102. The van der Waals surface area contributed by atoms with Crippen molar-refractivity contribution in [3.63, 3.8) is 0 Å². The van der Waals surface area contributed by atoms with Gasteiger partial charge in [0.25, 0.3) is 0 Å². The Labute approximate surface area is 896 Å². The normalized spacial score (nSPS) is 19.7. The Hall–Kier alpha value is -4.55. The van der Waals surface area contributed by atoms with E-state index in [1.807, 2.05) is 6.92 Å². The SMILES string of the molecule is C1COCCN1.CC(=O)OCC[NH+]1CCOCC1.CCC(=O)OCC[NH+]1CCOCC1.COCCC(=O)OCC[NH+]1CCOCC1.COCCOCCC(=O)OCC[NH+]1CCOCC1.COCCOCCOCC(OCCOCCOC)OCC[NH+]1CCOCC1.COCOCC[NH+]1CCOCC1.COCOCC[NH+]1CCS(=O)(=O)CC1.O=C(OCC[NH+]1CCOCC1)C1CCCC1.O=C(OCC[NH+]1CCOCC1)C1CCCCC1. The van der Waals surface area contributed by atoms with E-state index in [9.17, 15) is 37.2 Å². The van der Waals surface area contributed by atoms with Crippen LogP contribution in [0.4, 0.5) is 0 Å². The molecule has 10 heterocycles. The van der Waals surface area contributed by atoms with Gasteiger partial charge in [0.05, 0.1) is 274 Å². The maximum atomic E-state index is 11.8. The largest absolute Gasteiger partial charge is 0.460 e. The van der Waals surface area contributed by atoms with Crippen LogP contribution in [-0.2, 0) is 176 Å². The number of ether oxygens (including phenoxy) is 29. The fourth-order valence-corrected chi connectivity index (χ4v) is 17.9. The maximum Gasteiger partial charge on any atom is 0.309 e. The van der Waals surface area contributed by atoms with Gasteiger partial charge >= 0.3 is 35.8 Å². The molecule has 0 bridgehead atoms. The number of hydrogen-bond acceptors (Lipinski definition) is 38. The summed E-state index contributed by atoms with van der Waals surface area (Å²) in [5, 5.41) is 3.16. The van der Waals surface area contributed by atoms with Gasteiger partial charge in [0.15, 0.2) is 16.1 Å². The quantitative estimate of drug-likeness (QED) is 0.0117. The van der Waals surface area contributed by atoms with Crippen molar-refractivity contribution >= 4 is 45.7 Å². The van der Waals surface area contributed by atoms with Gasteiger partial charge in [-0.25, -0.2) is 8.42 Å². The molecule has 10 N–H and O–H groups in total. The van der Waals surface area contributed by atoms with Crippen molar-refractivity contribution in [2.75, 3.05) is 522 Å². The van der Waals surface area contributed by atoms with Crippen LogP contribution in [0.1, 0.15) is 90.9 Å². The topological polar surface area (TPSA) is 456 Å². The first-order valence-electron chi connectivity index (χ1n) is 55.6. The first kappa shape index (κ1) is 140. The Morgan fingerprint density at radius 2 is 0.553 bits per heavy atom. The van der Waals surface area contributed by atoms with Gasteiger partial charge in [-0.1, -0.05) is 39.0 Å². The third-order valence-electron chi connectivity index (χ3n) is 26.0. The Kier molecular flexibility index (Phi) is 95.2. The molecular weight excluding hydrogens is 1990 g/mol. The van der Waals surface area contributed by atoms with Gasteiger partial charge in [0.1, 0.15) is 217 Å². The molecule has 12 aliphatic rings. The molecule has 10 aliphatic heterocycles. The minimum atomic E-state index is -2.74. The highest BCUT2D eigenvalue weighted by atomic mass is 32.2. The number of carbonyl (C=O) groups is 6. The van der Waals surface area contributed by atoms with Crippen LogP contribution < -0.4 is 49.4 Å². The van der Waals surface area contributed by atoms with Crippen molar-refractivity contribution in [3.8, 4) is 0 Å². The number of morpholine rings is 9. The molecule has 2 aliphatic carbocycles. The average Bonchev–Trinajstić information content (AvgIpc) is 1.12. The van der Waals surface area contributed by atoms with E-state index in [1.165, 1.54) is 78.2 Å². The molecule has 150 heavy (non-hydrogen) atoms. The zero-order chi connectivity index (χ0) is 108. The molecule has 0 radical (unpaired) electrons. The lowest BCUT2D eigenvalue weighted by Crippen LogP contribution is -3.14. The molecule has 47 nitrogen and oxygen atoms in total. The van der Waals surface area contributed by atoms with E-state index in [1.54, 1.807) is 47.6 Å². The van der Waals surface area contributed by atoms with Gasteiger partial charge in [-0.05, 0) is 25.7 Å². The lowest BCUT2D eigenvalue weighted by atomic mass is 9.89. The van der Waals surface area contributed by atoms with Crippen LogP contribution in [0.5, 0.6) is 0 Å². The molecule has 10 saturated heterocycles. The molecule has 48 heteroatoms. The molecule has 0 spiro atoms. The van der Waals surface area contributed by atoms with Gasteiger partial charge in [-0.3, -0.25) is 28.8 Å². The van der Waals surface area contributed by atoms with Gasteiger partial charge in [-0.2, -0.15) is 0 Å². The Morgan fingerprint density at radius 1 is 0.280 bits per heavy atom. The number of esters is 6. The van der Waals surface area contributed by atoms with E-state index in [4.69, 9.17) is 137 Å². The van der Waals surface area contributed by atoms with E-state index in [2.05, 4.69) is 5.32 Å². The second-order valence-corrected chi connectivity index (χ2v) is 39.9. The number of rotatable bonds is 59. The second-order valence-electron chi connectivity index (χ2n) is 37.6. The van der Waals surface area contributed by atoms with Crippen molar-refractivity contribution in [1.29, 1.82) is 0 Å². The standard InChI is InChI=1S/C18H37NO8.C13H23NO3.C12H23NO5.C12H21NO3.C10H19NO4.C9H17NO3.C8H17NO4S.C8H17NO3.C8H15NO3.C4H9NO/c1-20-9-11-23-13-14-25-17-18(27-16-15-24-12-10-21-2)26-8-5-19-3-6-22-7-4-19;15-13(12-4-2-1-3-5-12)17-11-8-14-6-9-16-10-7-14;1-15-10-11-16-6-2-12(14)18-9-5-13-3-7-17-8-4-13;14-12(11-3-1-2-4-11)16-10-7-13-5-8-15-9-6-13;1-13-6-2-10(12)15-9-5-11-3-7-14-8-4-11;1-2-9(11)13-8-5-10-3-6-12-7-4-10;1-12-8-13-5-2-9-3-6-14(10,11)7-4-9;1-10-8-12-7-4-9-2-5-11-6-3-9;1-8(10)12-7-4-9-2-5-11-6-3-9;1-3-6-4-2-5-1/h18H,3-17H2,1-2H3;12H,1-11H2;2-11H2,1H3;11H,1-10H2;2-9H2,1H3;2-8H2,1H3;2-8H2,1H3;2-8H2,1H3;2-7H2,1H3;5H,1-4H2/p+9. The maximum absolute atomic E-state index is 11.8. The molecule has 0 aromatic carbocycles. The van der Waals surface area contributed by atoms with Gasteiger partial charge in [-0.15, -0.1) is 0 Å². The van der Waals surface area contributed by atoms with Crippen LogP contribution in [0, 0.1) is 11.8 Å². The summed E-state index contributed by atoms with van der Waals surface area (Å²) in [5.41, 5.74) is 0. The molecule has 1 unspecified atom stereocenters. The van der Waals surface area contributed by atoms with E-state index in [0.717, 1.165) is 328 Å². The average molecular weight is 2200 g/mol. The van der Waals surface area contributed by atoms with Crippen LogP contribution in [0.2, 0.25) is 0 Å². The first-order valence-corrected chi connectivity index (χ1v) is 57.4. The highest BCUT2D eigenvalue weighted by Crippen LogP contribution is 2.26. The summed E-state index contributed by atoms with van der Waals surface area (Å²) >= 11 is 0. The van der Waals surface area contributed by atoms with E-state index in [0.29, 0.717) is 196 Å². The van der Waals surface area contributed by atoms with Crippen molar-refractivity contribution in [1.82, 2.24) is 5.32 Å². The number of sulfone groups is 1. The highest BCUT2D eigenvalue weighted by Gasteiger charge is 2.29. The number of methoxy groups -OCH3 is 6. The number of hydrogen-bond donors (Lipinski definition) is 10. The Balaban J connectivity index is 0.000000434. The van der Waals surface area contributed by atoms with Crippen LogP contribution in [-0.4, -0.2) is 572 Å². The molecule has 1 atom stereocenters. The number of nitrogens with one attached hydrogen (secondary N) is 10. The number of carbonyl (C=O) groups excluding carboxylic acids is 6. The third kappa shape index (κ3) is 85.6. The molecule has 2 saturated carbocycles. The number of quaternary nitrogens is 9. The monoisotopic (exact) mass is 2200 g/mol. The fraction of sp³-hybridized carbons (Fsp3) is 0.941. The lowest BCUT2D eigenvalue weighted by Gasteiger charge is -2.25. The first-order chi connectivity index (χ1) is 73.4. The van der Waals surface area contributed by atoms with E-state index >= 15 is 0 Å². The molecule has 0 aromatic rings. The predicted molar refractivity (Wildman–Crippen MR) is 551 cm³/mol. The zero-order valence-electron chi connectivity index (χ0n) is 93.3. The van der Waals surface area contributed by atoms with Gasteiger partial charge in [0, 0.05) is 69.1 Å².